The van der Waals surface area contributed by atoms with Crippen molar-refractivity contribution in [1.29, 1.82) is 0 Å². The molecule has 0 saturated carbocycles. The Hall–Kier alpha value is -2.53. The molecular weight excluding hydrogens is 376 g/mol. The molecule has 2 heterocycles. The molecule has 2 aromatic carbocycles. The van der Waals surface area contributed by atoms with Crippen LogP contribution >= 0.6 is 11.6 Å². The normalized spacial score (nSPS) is 18.7. The van der Waals surface area contributed by atoms with Crippen LogP contribution in [-0.2, 0) is 29.0 Å². The summed E-state index contributed by atoms with van der Waals surface area (Å²) in [6.45, 7) is 4.50. The average molecular weight is 399 g/mol. The monoisotopic (exact) mass is 398 g/mol. The highest BCUT2D eigenvalue weighted by Crippen LogP contribution is 2.36. The molecule has 2 unspecified atom stereocenters. The molecule has 6 heteroatoms. The summed E-state index contributed by atoms with van der Waals surface area (Å²) in [7, 11) is 0. The second-order valence-electron chi connectivity index (χ2n) is 7.45. The summed E-state index contributed by atoms with van der Waals surface area (Å²) in [5, 5.41) is 3.70. The Labute approximate surface area is 169 Å². The molecule has 5 nitrogen and oxygen atoms in total. The number of halogens is 1. The molecule has 0 aromatic heterocycles. The highest BCUT2D eigenvalue weighted by atomic mass is 35.5. The Morgan fingerprint density at radius 3 is 2.71 bits per heavy atom. The summed E-state index contributed by atoms with van der Waals surface area (Å²) in [5.74, 6) is 0.549. The van der Waals surface area contributed by atoms with Gasteiger partial charge in [0.1, 0.15) is 11.8 Å². The highest BCUT2D eigenvalue weighted by Gasteiger charge is 2.34. The van der Waals surface area contributed by atoms with E-state index in [0.717, 1.165) is 34.4 Å². The highest BCUT2D eigenvalue weighted by molar-refractivity contribution is 6.30. The number of fused-ring (bicyclic) bond motifs is 2. The van der Waals surface area contributed by atoms with Crippen molar-refractivity contribution in [2.24, 2.45) is 0 Å². The molecule has 0 aliphatic carbocycles. The van der Waals surface area contributed by atoms with Crippen LogP contribution in [0.1, 0.15) is 42.1 Å². The number of nitrogens with one attached hydrogen (secondary N) is 1. The van der Waals surface area contributed by atoms with Crippen molar-refractivity contribution in [1.82, 2.24) is 10.2 Å². The SMILES string of the molecule is CC(=O)N1Cc2ccccc2CC1C(=O)NC(C)c1cc(Cl)cc2c1OCC2. The van der Waals surface area contributed by atoms with Crippen LogP contribution in [0.2, 0.25) is 5.02 Å². The van der Waals surface area contributed by atoms with Gasteiger partial charge < -0.3 is 15.0 Å². The summed E-state index contributed by atoms with van der Waals surface area (Å²) < 4.78 is 5.76. The molecule has 146 valence electrons. The van der Waals surface area contributed by atoms with Gasteiger partial charge in [-0.25, -0.2) is 0 Å². The number of rotatable bonds is 3. The number of ether oxygens (including phenoxy) is 1. The van der Waals surface area contributed by atoms with Crippen molar-refractivity contribution in [3.8, 4) is 5.75 Å². The molecule has 2 aliphatic heterocycles. The predicted molar refractivity (Wildman–Crippen MR) is 107 cm³/mol. The maximum absolute atomic E-state index is 13.1. The van der Waals surface area contributed by atoms with Crippen LogP contribution in [0.5, 0.6) is 5.75 Å². The van der Waals surface area contributed by atoms with E-state index in [1.54, 1.807) is 4.90 Å². The largest absolute Gasteiger partial charge is 0.493 e. The fraction of sp³-hybridized carbons (Fsp3) is 0.364. The lowest BCUT2D eigenvalue weighted by molar-refractivity contribution is -0.140. The molecule has 1 N–H and O–H groups in total. The third-order valence-corrected chi connectivity index (χ3v) is 5.78. The summed E-state index contributed by atoms with van der Waals surface area (Å²) >= 11 is 6.26. The average Bonchev–Trinajstić information content (AvgIpc) is 3.14. The van der Waals surface area contributed by atoms with Crippen LogP contribution in [0.3, 0.4) is 0 Å². The predicted octanol–water partition coefficient (Wildman–Crippen LogP) is 3.43. The van der Waals surface area contributed by atoms with Crippen LogP contribution in [0.4, 0.5) is 0 Å². The van der Waals surface area contributed by atoms with Gasteiger partial charge in [0.05, 0.1) is 12.6 Å². The number of benzene rings is 2. The van der Waals surface area contributed by atoms with Crippen LogP contribution in [0.15, 0.2) is 36.4 Å². The third kappa shape index (κ3) is 3.47. The first kappa shape index (κ1) is 18.8. The van der Waals surface area contributed by atoms with E-state index in [1.807, 2.05) is 43.3 Å². The Bertz CT molecular complexity index is 943. The molecule has 2 aromatic rings. The van der Waals surface area contributed by atoms with Gasteiger partial charge in [0.25, 0.3) is 0 Å². The Morgan fingerprint density at radius 1 is 1.21 bits per heavy atom. The standard InChI is InChI=1S/C22H23ClN2O3/c1-13(19-11-18(23)9-16-7-8-28-21(16)19)24-22(27)20-10-15-5-3-4-6-17(15)12-25(20)14(2)26/h3-6,9,11,13,20H,7-8,10,12H2,1-2H3,(H,24,27). The second-order valence-corrected chi connectivity index (χ2v) is 7.88. The summed E-state index contributed by atoms with van der Waals surface area (Å²) in [4.78, 5) is 26.9. The molecule has 0 fully saturated rings. The lowest BCUT2D eigenvalue weighted by Gasteiger charge is -2.36. The minimum absolute atomic E-state index is 0.103. The topological polar surface area (TPSA) is 58.6 Å². The maximum Gasteiger partial charge on any atom is 0.243 e. The summed E-state index contributed by atoms with van der Waals surface area (Å²) in [5.41, 5.74) is 4.15. The summed E-state index contributed by atoms with van der Waals surface area (Å²) in [6, 6.07) is 10.9. The van der Waals surface area contributed by atoms with E-state index < -0.39 is 6.04 Å². The van der Waals surface area contributed by atoms with Crippen molar-refractivity contribution in [2.75, 3.05) is 6.61 Å². The smallest absolute Gasteiger partial charge is 0.243 e. The van der Waals surface area contributed by atoms with Crippen LogP contribution < -0.4 is 10.1 Å². The van der Waals surface area contributed by atoms with Gasteiger partial charge >= 0.3 is 0 Å². The molecule has 2 atom stereocenters. The zero-order valence-electron chi connectivity index (χ0n) is 16.0. The van der Waals surface area contributed by atoms with E-state index in [9.17, 15) is 9.59 Å². The molecule has 0 bridgehead atoms. The molecule has 2 aliphatic rings. The lowest BCUT2D eigenvalue weighted by Crippen LogP contribution is -2.52. The van der Waals surface area contributed by atoms with E-state index in [-0.39, 0.29) is 17.9 Å². The van der Waals surface area contributed by atoms with Crippen molar-refractivity contribution in [3.05, 3.63) is 63.7 Å². The van der Waals surface area contributed by atoms with Gasteiger partial charge in [-0.15, -0.1) is 0 Å². The molecule has 4 rings (SSSR count). The Kier molecular flexibility index (Phi) is 5.02. The van der Waals surface area contributed by atoms with Gasteiger partial charge in [-0.05, 0) is 35.7 Å². The second kappa shape index (κ2) is 7.47. The fourth-order valence-electron chi connectivity index (χ4n) is 4.10. The number of amides is 2. The van der Waals surface area contributed by atoms with E-state index in [0.29, 0.717) is 24.6 Å². The van der Waals surface area contributed by atoms with E-state index in [1.165, 1.54) is 6.92 Å². The van der Waals surface area contributed by atoms with Crippen LogP contribution in [0.25, 0.3) is 0 Å². The zero-order valence-corrected chi connectivity index (χ0v) is 16.8. The van der Waals surface area contributed by atoms with Gasteiger partial charge in [0.15, 0.2) is 0 Å². The first-order valence-corrected chi connectivity index (χ1v) is 9.91. The van der Waals surface area contributed by atoms with Crippen molar-refractivity contribution in [3.63, 3.8) is 0 Å². The quantitative estimate of drug-likeness (QED) is 0.861. The number of hydrogen-bond donors (Lipinski definition) is 1. The maximum atomic E-state index is 13.1. The molecule has 0 radical (unpaired) electrons. The molecule has 0 saturated heterocycles. The minimum atomic E-state index is -0.525. The third-order valence-electron chi connectivity index (χ3n) is 5.56. The Balaban J connectivity index is 1.57. The van der Waals surface area contributed by atoms with Gasteiger partial charge in [0, 0.05) is 36.9 Å². The minimum Gasteiger partial charge on any atom is -0.493 e. The summed E-state index contributed by atoms with van der Waals surface area (Å²) in [6.07, 6.45) is 1.33. The molecule has 2 amide bonds. The Morgan fingerprint density at radius 2 is 1.96 bits per heavy atom. The molecule has 28 heavy (non-hydrogen) atoms. The van der Waals surface area contributed by atoms with Crippen molar-refractivity contribution in [2.45, 2.75) is 45.3 Å². The van der Waals surface area contributed by atoms with Gasteiger partial charge in [-0.3, -0.25) is 9.59 Å². The number of hydrogen-bond acceptors (Lipinski definition) is 3. The first-order valence-electron chi connectivity index (χ1n) is 9.53. The van der Waals surface area contributed by atoms with E-state index in [2.05, 4.69) is 5.32 Å². The lowest BCUT2D eigenvalue weighted by atomic mass is 9.93. The van der Waals surface area contributed by atoms with Crippen molar-refractivity contribution < 1.29 is 14.3 Å². The van der Waals surface area contributed by atoms with Gasteiger partial charge in [-0.1, -0.05) is 35.9 Å². The number of carbonyl (C=O) groups excluding carboxylic acids is 2. The van der Waals surface area contributed by atoms with E-state index in [4.69, 9.17) is 16.3 Å². The number of nitrogens with zero attached hydrogens (tertiary/aromatic N) is 1. The number of carbonyl (C=O) groups is 2. The van der Waals surface area contributed by atoms with Crippen molar-refractivity contribution >= 4 is 23.4 Å². The zero-order chi connectivity index (χ0) is 19.8. The van der Waals surface area contributed by atoms with Gasteiger partial charge in [0.2, 0.25) is 11.8 Å². The van der Waals surface area contributed by atoms with Crippen LogP contribution in [-0.4, -0.2) is 29.4 Å². The van der Waals surface area contributed by atoms with Crippen LogP contribution in [0, 0.1) is 0 Å². The molecule has 0 spiro atoms. The fourth-order valence-corrected chi connectivity index (χ4v) is 4.34. The molecular formula is C22H23ClN2O3. The van der Waals surface area contributed by atoms with Gasteiger partial charge in [-0.2, -0.15) is 0 Å². The van der Waals surface area contributed by atoms with E-state index >= 15 is 0 Å². The first-order chi connectivity index (χ1) is 13.4.